The standard InChI is InChI=1S/C14H17N3O/c1-9-5-7-12(8-6-9)18-14-10(2)13(15-4)16-11(3)17-14/h5-8H,1-4H3,(H,15,16,17). The molecule has 2 rings (SSSR count). The fourth-order valence-electron chi connectivity index (χ4n) is 1.66. The van der Waals surface area contributed by atoms with Crippen LogP contribution < -0.4 is 10.1 Å². The number of benzene rings is 1. The minimum atomic E-state index is 0.593. The zero-order chi connectivity index (χ0) is 13.1. The molecule has 0 spiro atoms. The van der Waals surface area contributed by atoms with Crippen molar-refractivity contribution in [1.82, 2.24) is 9.97 Å². The summed E-state index contributed by atoms with van der Waals surface area (Å²) in [6.45, 7) is 5.83. The Balaban J connectivity index is 2.34. The summed E-state index contributed by atoms with van der Waals surface area (Å²) in [6.07, 6.45) is 0. The van der Waals surface area contributed by atoms with Crippen LogP contribution in [0, 0.1) is 20.8 Å². The van der Waals surface area contributed by atoms with E-state index in [1.165, 1.54) is 5.56 Å². The molecular weight excluding hydrogens is 226 g/mol. The molecule has 0 saturated heterocycles. The SMILES string of the molecule is CNc1nc(C)nc(Oc2ccc(C)cc2)c1C. The van der Waals surface area contributed by atoms with Crippen molar-refractivity contribution in [2.24, 2.45) is 0 Å². The fraction of sp³-hybridized carbons (Fsp3) is 0.286. The van der Waals surface area contributed by atoms with Crippen molar-refractivity contribution in [3.8, 4) is 11.6 Å². The van der Waals surface area contributed by atoms with Crippen LogP contribution in [0.2, 0.25) is 0 Å². The number of aryl methyl sites for hydroxylation is 2. The van der Waals surface area contributed by atoms with Crippen molar-refractivity contribution < 1.29 is 4.74 Å². The molecule has 0 amide bonds. The summed E-state index contributed by atoms with van der Waals surface area (Å²) in [4.78, 5) is 8.63. The fourth-order valence-corrected chi connectivity index (χ4v) is 1.66. The van der Waals surface area contributed by atoms with Crippen molar-refractivity contribution in [2.75, 3.05) is 12.4 Å². The van der Waals surface area contributed by atoms with Crippen LogP contribution in [-0.2, 0) is 0 Å². The lowest BCUT2D eigenvalue weighted by Crippen LogP contribution is -2.02. The third-order valence-corrected chi connectivity index (χ3v) is 2.69. The lowest BCUT2D eigenvalue weighted by atomic mass is 10.2. The van der Waals surface area contributed by atoms with E-state index in [2.05, 4.69) is 15.3 Å². The average Bonchev–Trinajstić information content (AvgIpc) is 2.36. The predicted octanol–water partition coefficient (Wildman–Crippen LogP) is 3.24. The van der Waals surface area contributed by atoms with Gasteiger partial charge in [-0.3, -0.25) is 0 Å². The van der Waals surface area contributed by atoms with Crippen LogP contribution in [0.1, 0.15) is 17.0 Å². The van der Waals surface area contributed by atoms with Crippen molar-refractivity contribution >= 4 is 5.82 Å². The van der Waals surface area contributed by atoms with Crippen LogP contribution in [0.5, 0.6) is 11.6 Å². The van der Waals surface area contributed by atoms with Gasteiger partial charge in [-0.2, -0.15) is 4.98 Å². The number of nitrogens with zero attached hydrogens (tertiary/aromatic N) is 2. The Hall–Kier alpha value is -2.10. The predicted molar refractivity (Wildman–Crippen MR) is 72.3 cm³/mol. The quantitative estimate of drug-likeness (QED) is 0.899. The summed E-state index contributed by atoms with van der Waals surface area (Å²) in [6, 6.07) is 7.89. The second-order valence-electron chi connectivity index (χ2n) is 4.21. The number of hydrogen-bond acceptors (Lipinski definition) is 4. The molecule has 1 aromatic heterocycles. The third-order valence-electron chi connectivity index (χ3n) is 2.69. The van der Waals surface area contributed by atoms with Crippen molar-refractivity contribution in [3.63, 3.8) is 0 Å². The summed E-state index contributed by atoms with van der Waals surface area (Å²) in [7, 11) is 1.84. The maximum absolute atomic E-state index is 5.80. The minimum absolute atomic E-state index is 0.593. The minimum Gasteiger partial charge on any atom is -0.439 e. The maximum atomic E-state index is 5.80. The molecule has 0 aliphatic rings. The van der Waals surface area contributed by atoms with Gasteiger partial charge in [0.15, 0.2) is 0 Å². The number of aromatic nitrogens is 2. The van der Waals surface area contributed by atoms with Gasteiger partial charge in [-0.25, -0.2) is 4.98 Å². The molecule has 4 heteroatoms. The van der Waals surface area contributed by atoms with Crippen molar-refractivity contribution in [3.05, 3.63) is 41.2 Å². The smallest absolute Gasteiger partial charge is 0.227 e. The molecule has 0 aliphatic carbocycles. The highest BCUT2D eigenvalue weighted by Gasteiger charge is 2.10. The number of hydrogen-bond donors (Lipinski definition) is 1. The number of nitrogens with one attached hydrogen (secondary N) is 1. The first-order valence-electron chi connectivity index (χ1n) is 5.87. The molecule has 1 aromatic carbocycles. The van der Waals surface area contributed by atoms with Crippen LogP contribution in [0.3, 0.4) is 0 Å². The van der Waals surface area contributed by atoms with E-state index in [0.29, 0.717) is 11.7 Å². The lowest BCUT2D eigenvalue weighted by Gasteiger charge is -2.11. The molecule has 4 nitrogen and oxygen atoms in total. The molecule has 0 radical (unpaired) electrons. The Morgan fingerprint density at radius 2 is 1.67 bits per heavy atom. The van der Waals surface area contributed by atoms with Crippen LogP contribution >= 0.6 is 0 Å². The Kier molecular flexibility index (Phi) is 3.46. The first kappa shape index (κ1) is 12.4. The van der Waals surface area contributed by atoms with Gasteiger partial charge >= 0.3 is 0 Å². The Bertz CT molecular complexity index is 550. The monoisotopic (exact) mass is 243 g/mol. The Morgan fingerprint density at radius 3 is 2.28 bits per heavy atom. The molecule has 0 saturated carbocycles. The zero-order valence-electron chi connectivity index (χ0n) is 11.1. The van der Waals surface area contributed by atoms with E-state index in [4.69, 9.17) is 4.74 Å². The number of ether oxygens (including phenoxy) is 1. The maximum Gasteiger partial charge on any atom is 0.227 e. The van der Waals surface area contributed by atoms with Gasteiger partial charge in [-0.05, 0) is 32.9 Å². The molecule has 0 aliphatic heterocycles. The molecule has 1 heterocycles. The van der Waals surface area contributed by atoms with Crippen molar-refractivity contribution in [1.29, 1.82) is 0 Å². The van der Waals surface area contributed by atoms with Gasteiger partial charge in [0.05, 0.1) is 5.56 Å². The molecule has 2 aromatic rings. The van der Waals surface area contributed by atoms with Gasteiger partial charge in [0.1, 0.15) is 17.4 Å². The van der Waals surface area contributed by atoms with E-state index in [-0.39, 0.29) is 0 Å². The molecule has 0 fully saturated rings. The van der Waals surface area contributed by atoms with E-state index in [9.17, 15) is 0 Å². The normalized spacial score (nSPS) is 10.2. The van der Waals surface area contributed by atoms with Crippen LogP contribution in [0.4, 0.5) is 5.82 Å². The topological polar surface area (TPSA) is 47.0 Å². The van der Waals surface area contributed by atoms with Gasteiger partial charge in [-0.1, -0.05) is 17.7 Å². The molecule has 0 bridgehead atoms. The summed E-state index contributed by atoms with van der Waals surface area (Å²) in [5.74, 6) is 2.86. The van der Waals surface area contributed by atoms with Gasteiger partial charge in [0, 0.05) is 7.05 Å². The van der Waals surface area contributed by atoms with Gasteiger partial charge < -0.3 is 10.1 Å². The van der Waals surface area contributed by atoms with E-state index in [1.807, 2.05) is 52.1 Å². The second-order valence-corrected chi connectivity index (χ2v) is 4.21. The van der Waals surface area contributed by atoms with Gasteiger partial charge in [-0.15, -0.1) is 0 Å². The summed E-state index contributed by atoms with van der Waals surface area (Å²) < 4.78 is 5.80. The molecular formula is C14H17N3O. The highest BCUT2D eigenvalue weighted by Crippen LogP contribution is 2.26. The van der Waals surface area contributed by atoms with E-state index >= 15 is 0 Å². The highest BCUT2D eigenvalue weighted by molar-refractivity contribution is 5.49. The largest absolute Gasteiger partial charge is 0.439 e. The molecule has 0 atom stereocenters. The average molecular weight is 243 g/mol. The molecule has 0 unspecified atom stereocenters. The molecule has 94 valence electrons. The summed E-state index contributed by atoms with van der Waals surface area (Å²) in [5.41, 5.74) is 2.11. The Labute approximate surface area is 107 Å². The summed E-state index contributed by atoms with van der Waals surface area (Å²) >= 11 is 0. The lowest BCUT2D eigenvalue weighted by molar-refractivity contribution is 0.456. The summed E-state index contributed by atoms with van der Waals surface area (Å²) in [5, 5.41) is 3.04. The third kappa shape index (κ3) is 2.59. The Morgan fingerprint density at radius 1 is 1.00 bits per heavy atom. The van der Waals surface area contributed by atoms with Crippen LogP contribution in [0.15, 0.2) is 24.3 Å². The van der Waals surface area contributed by atoms with Crippen LogP contribution in [-0.4, -0.2) is 17.0 Å². The number of anilines is 1. The highest BCUT2D eigenvalue weighted by atomic mass is 16.5. The van der Waals surface area contributed by atoms with E-state index < -0.39 is 0 Å². The van der Waals surface area contributed by atoms with E-state index in [1.54, 1.807) is 0 Å². The van der Waals surface area contributed by atoms with E-state index in [0.717, 1.165) is 17.1 Å². The van der Waals surface area contributed by atoms with Gasteiger partial charge in [0.2, 0.25) is 5.88 Å². The first-order chi connectivity index (χ1) is 8.60. The molecule has 18 heavy (non-hydrogen) atoms. The van der Waals surface area contributed by atoms with Crippen LogP contribution in [0.25, 0.3) is 0 Å². The second kappa shape index (κ2) is 5.04. The number of rotatable bonds is 3. The van der Waals surface area contributed by atoms with Gasteiger partial charge in [0.25, 0.3) is 0 Å². The molecule has 1 N–H and O–H groups in total. The van der Waals surface area contributed by atoms with Crippen molar-refractivity contribution in [2.45, 2.75) is 20.8 Å². The zero-order valence-corrected chi connectivity index (χ0v) is 11.1. The first-order valence-corrected chi connectivity index (χ1v) is 5.87.